The van der Waals surface area contributed by atoms with Gasteiger partial charge in [0.05, 0.1) is 20.6 Å². The Kier molecular flexibility index (Phi) is 5.66. The number of aliphatic carboxylic acids is 1. The maximum absolute atomic E-state index is 11.0. The number of halogens is 1. The second kappa shape index (κ2) is 7.70. The molecule has 0 heterocycles. The highest BCUT2D eigenvalue weighted by Crippen LogP contribution is 2.32. The normalized spacial score (nSPS) is 10.0. The molecule has 0 unspecified atom stereocenters. The molecule has 2 aromatic rings. The van der Waals surface area contributed by atoms with Gasteiger partial charge in [0, 0.05) is 10.6 Å². The third-order valence-corrected chi connectivity index (χ3v) is 3.66. The summed E-state index contributed by atoms with van der Waals surface area (Å²) in [6, 6.07) is 14.6. The van der Waals surface area contributed by atoms with Gasteiger partial charge < -0.3 is 14.6 Å². The van der Waals surface area contributed by atoms with E-state index in [1.807, 2.05) is 48.5 Å². The van der Waals surface area contributed by atoms with Crippen LogP contribution in [0.25, 0.3) is 5.57 Å². The van der Waals surface area contributed by atoms with Crippen LogP contribution in [0.15, 0.2) is 53.6 Å². The van der Waals surface area contributed by atoms with Crippen molar-refractivity contribution in [3.8, 4) is 11.5 Å². The van der Waals surface area contributed by atoms with Crippen LogP contribution in [0, 0.1) is 0 Å². The molecule has 0 aliphatic heterocycles. The number of ether oxygens (including phenoxy) is 2. The minimum atomic E-state index is -0.977. The number of carbonyl (C=O) groups is 1. The number of carboxylic acids is 1. The molecule has 0 spiro atoms. The molecule has 0 saturated heterocycles. The van der Waals surface area contributed by atoms with Crippen molar-refractivity contribution in [1.29, 1.82) is 0 Å². The minimum Gasteiger partial charge on any atom is -0.497 e. The first-order valence-electron chi connectivity index (χ1n) is 6.94. The van der Waals surface area contributed by atoms with Gasteiger partial charge in [-0.3, -0.25) is 4.79 Å². The molecule has 0 amide bonds. The SMILES string of the molecule is COc1ccc(C(=C(Cl)CC(=O)O)c2ccc(OC)cc2)cc1. The first kappa shape index (κ1) is 16.9. The van der Waals surface area contributed by atoms with Gasteiger partial charge in [-0.05, 0) is 35.4 Å². The van der Waals surface area contributed by atoms with Crippen LogP contribution in [-0.2, 0) is 4.79 Å². The first-order chi connectivity index (χ1) is 11.0. The van der Waals surface area contributed by atoms with Crippen molar-refractivity contribution >= 4 is 23.1 Å². The fraction of sp³-hybridized carbons (Fsp3) is 0.167. The number of hydrogen-bond donors (Lipinski definition) is 1. The minimum absolute atomic E-state index is 0.241. The molecule has 5 heteroatoms. The lowest BCUT2D eigenvalue weighted by molar-refractivity contribution is -0.136. The van der Waals surface area contributed by atoms with Crippen LogP contribution in [0.3, 0.4) is 0 Å². The standard InChI is InChI=1S/C18H17ClO4/c1-22-14-7-3-12(4-8-14)18(16(19)11-17(20)21)13-5-9-15(23-2)10-6-13/h3-10H,11H2,1-2H3,(H,20,21). The molecule has 0 fully saturated rings. The van der Waals surface area contributed by atoms with Crippen LogP contribution >= 0.6 is 11.6 Å². The maximum atomic E-state index is 11.0. The summed E-state index contributed by atoms with van der Waals surface area (Å²) in [6.07, 6.45) is -0.241. The number of hydrogen-bond acceptors (Lipinski definition) is 3. The van der Waals surface area contributed by atoms with Crippen molar-refractivity contribution in [1.82, 2.24) is 0 Å². The van der Waals surface area contributed by atoms with E-state index in [9.17, 15) is 4.79 Å². The van der Waals surface area contributed by atoms with Gasteiger partial charge in [-0.2, -0.15) is 0 Å². The summed E-state index contributed by atoms with van der Waals surface area (Å²) in [7, 11) is 3.18. The Bertz CT molecular complexity index is 653. The lowest BCUT2D eigenvalue weighted by Gasteiger charge is -2.12. The molecule has 2 aromatic carbocycles. The molecule has 0 aromatic heterocycles. The van der Waals surface area contributed by atoms with E-state index in [2.05, 4.69) is 0 Å². The van der Waals surface area contributed by atoms with Crippen LogP contribution in [0.1, 0.15) is 17.5 Å². The molecule has 0 bridgehead atoms. The molecule has 0 saturated carbocycles. The number of benzene rings is 2. The van der Waals surface area contributed by atoms with Crippen molar-refractivity contribution in [2.24, 2.45) is 0 Å². The van der Waals surface area contributed by atoms with Gasteiger partial charge in [0.1, 0.15) is 11.5 Å². The smallest absolute Gasteiger partial charge is 0.308 e. The molecular weight excluding hydrogens is 316 g/mol. The van der Waals surface area contributed by atoms with Crippen LogP contribution in [-0.4, -0.2) is 25.3 Å². The summed E-state index contributed by atoms with van der Waals surface area (Å²) in [5, 5.41) is 9.30. The molecule has 120 valence electrons. The highest BCUT2D eigenvalue weighted by atomic mass is 35.5. The van der Waals surface area contributed by atoms with E-state index in [0.29, 0.717) is 5.57 Å². The third kappa shape index (κ3) is 4.27. The molecule has 0 radical (unpaired) electrons. The van der Waals surface area contributed by atoms with Gasteiger partial charge in [0.2, 0.25) is 0 Å². The van der Waals surface area contributed by atoms with E-state index in [1.54, 1.807) is 14.2 Å². The van der Waals surface area contributed by atoms with Gasteiger partial charge in [-0.15, -0.1) is 0 Å². The summed E-state index contributed by atoms with van der Waals surface area (Å²) in [6.45, 7) is 0. The topological polar surface area (TPSA) is 55.8 Å². The largest absolute Gasteiger partial charge is 0.497 e. The summed E-state index contributed by atoms with van der Waals surface area (Å²) < 4.78 is 10.3. The molecule has 0 atom stereocenters. The third-order valence-electron chi connectivity index (χ3n) is 3.34. The molecule has 0 aliphatic carbocycles. The monoisotopic (exact) mass is 332 g/mol. The van der Waals surface area contributed by atoms with Crippen molar-refractivity contribution < 1.29 is 19.4 Å². The van der Waals surface area contributed by atoms with E-state index in [1.165, 1.54) is 0 Å². The van der Waals surface area contributed by atoms with Crippen LogP contribution in [0.2, 0.25) is 0 Å². The van der Waals surface area contributed by atoms with E-state index >= 15 is 0 Å². The number of methoxy groups -OCH3 is 2. The lowest BCUT2D eigenvalue weighted by Crippen LogP contribution is -1.98. The number of carboxylic acid groups (broad SMARTS) is 1. The van der Waals surface area contributed by atoms with Crippen LogP contribution < -0.4 is 9.47 Å². The molecule has 1 N–H and O–H groups in total. The van der Waals surface area contributed by atoms with Gasteiger partial charge >= 0.3 is 5.97 Å². The Balaban J connectivity index is 2.51. The fourth-order valence-electron chi connectivity index (χ4n) is 2.22. The van der Waals surface area contributed by atoms with Crippen LogP contribution in [0.5, 0.6) is 11.5 Å². The predicted octanol–water partition coefficient (Wildman–Crippen LogP) is 4.18. The second-order valence-corrected chi connectivity index (χ2v) is 5.26. The first-order valence-corrected chi connectivity index (χ1v) is 7.32. The summed E-state index contributed by atoms with van der Waals surface area (Å²) in [4.78, 5) is 11.0. The summed E-state index contributed by atoms with van der Waals surface area (Å²) in [5.41, 5.74) is 2.32. The average Bonchev–Trinajstić information content (AvgIpc) is 2.55. The lowest BCUT2D eigenvalue weighted by atomic mass is 9.96. The highest BCUT2D eigenvalue weighted by molar-refractivity contribution is 6.34. The Morgan fingerprint density at radius 1 is 0.913 bits per heavy atom. The Morgan fingerprint density at radius 2 is 1.30 bits per heavy atom. The van der Waals surface area contributed by atoms with Gasteiger partial charge in [-0.25, -0.2) is 0 Å². The van der Waals surface area contributed by atoms with Crippen LogP contribution in [0.4, 0.5) is 0 Å². The summed E-state index contributed by atoms with van der Waals surface area (Å²) in [5.74, 6) is 0.462. The van der Waals surface area contributed by atoms with Gasteiger partial charge in [0.25, 0.3) is 0 Å². The summed E-state index contributed by atoms with van der Waals surface area (Å²) >= 11 is 6.29. The van der Waals surface area contributed by atoms with Crippen molar-refractivity contribution in [3.63, 3.8) is 0 Å². The van der Waals surface area contributed by atoms with Crippen molar-refractivity contribution in [2.45, 2.75) is 6.42 Å². The zero-order valence-electron chi connectivity index (χ0n) is 12.9. The average molecular weight is 333 g/mol. The predicted molar refractivity (Wildman–Crippen MR) is 90.1 cm³/mol. The highest BCUT2D eigenvalue weighted by Gasteiger charge is 2.13. The molecule has 2 rings (SSSR count). The van der Waals surface area contributed by atoms with Gasteiger partial charge in [-0.1, -0.05) is 35.9 Å². The quantitative estimate of drug-likeness (QED) is 0.862. The van der Waals surface area contributed by atoms with E-state index in [0.717, 1.165) is 22.6 Å². The van der Waals surface area contributed by atoms with E-state index in [-0.39, 0.29) is 11.5 Å². The van der Waals surface area contributed by atoms with Gasteiger partial charge in [0.15, 0.2) is 0 Å². The Labute approximate surface area is 139 Å². The number of rotatable bonds is 6. The zero-order chi connectivity index (χ0) is 16.8. The fourth-order valence-corrected chi connectivity index (χ4v) is 2.55. The Hall–Kier alpha value is -2.46. The second-order valence-electron chi connectivity index (χ2n) is 4.81. The molecule has 0 aliphatic rings. The zero-order valence-corrected chi connectivity index (χ0v) is 13.6. The Morgan fingerprint density at radius 3 is 1.61 bits per heavy atom. The van der Waals surface area contributed by atoms with E-state index < -0.39 is 5.97 Å². The van der Waals surface area contributed by atoms with E-state index in [4.69, 9.17) is 26.2 Å². The van der Waals surface area contributed by atoms with Crippen molar-refractivity contribution in [3.05, 3.63) is 64.7 Å². The molecule has 4 nitrogen and oxygen atoms in total. The maximum Gasteiger partial charge on any atom is 0.308 e. The molecule has 23 heavy (non-hydrogen) atoms. The van der Waals surface area contributed by atoms with Crippen molar-refractivity contribution in [2.75, 3.05) is 14.2 Å². The molecular formula is C18H17ClO4.